The molecule has 4 nitrogen and oxygen atoms in total. The van der Waals surface area contributed by atoms with Crippen molar-refractivity contribution in [3.05, 3.63) is 11.8 Å². The van der Waals surface area contributed by atoms with Crippen LogP contribution in [0.25, 0.3) is 0 Å². The number of aliphatic hydroxyl groups excluding tert-OH is 4. The third kappa shape index (κ3) is 3.76. The molecule has 0 fully saturated rings. The molecule has 0 aromatic rings. The van der Waals surface area contributed by atoms with E-state index in [1.54, 1.807) is 6.92 Å². The summed E-state index contributed by atoms with van der Waals surface area (Å²) < 4.78 is 0. The fourth-order valence-corrected chi connectivity index (χ4v) is 0.914. The Morgan fingerprint density at radius 3 is 1.92 bits per heavy atom. The van der Waals surface area contributed by atoms with Gasteiger partial charge in [-0.2, -0.15) is 0 Å². The maximum Gasteiger partial charge on any atom is 0.0780 e. The van der Waals surface area contributed by atoms with Crippen LogP contribution in [0.1, 0.15) is 19.8 Å². The van der Waals surface area contributed by atoms with E-state index in [4.69, 9.17) is 20.4 Å². The Kier molecular flexibility index (Phi) is 5.70. The number of rotatable bonds is 6. The lowest BCUT2D eigenvalue weighted by Gasteiger charge is -2.27. The first kappa shape index (κ1) is 12.4. The Hall–Kier alpha value is -0.580. The largest absolute Gasteiger partial charge is 0.516 e. The van der Waals surface area contributed by atoms with Gasteiger partial charge in [0, 0.05) is 5.41 Å². The van der Waals surface area contributed by atoms with Crippen molar-refractivity contribution in [3.8, 4) is 0 Å². The molecule has 0 spiro atoms. The second kappa shape index (κ2) is 5.96. The molecule has 0 saturated heterocycles. The van der Waals surface area contributed by atoms with Crippen molar-refractivity contribution in [1.29, 1.82) is 0 Å². The van der Waals surface area contributed by atoms with E-state index in [1.807, 2.05) is 0 Å². The van der Waals surface area contributed by atoms with Gasteiger partial charge in [-0.3, -0.25) is 0 Å². The maximum absolute atomic E-state index is 8.96. The van der Waals surface area contributed by atoms with Crippen LogP contribution < -0.4 is 0 Å². The van der Waals surface area contributed by atoms with Gasteiger partial charge in [0.25, 0.3) is 0 Å². The molecule has 0 radical (unpaired) electrons. The van der Waals surface area contributed by atoms with Crippen molar-refractivity contribution in [2.24, 2.45) is 5.41 Å². The van der Waals surface area contributed by atoms with Crippen LogP contribution >= 0.6 is 0 Å². The molecular formula is C9H18O4. The van der Waals surface area contributed by atoms with E-state index in [2.05, 4.69) is 0 Å². The molecule has 0 aliphatic carbocycles. The molecule has 0 rings (SSSR count). The van der Waals surface area contributed by atoms with Gasteiger partial charge in [-0.25, -0.2) is 0 Å². The van der Waals surface area contributed by atoms with Crippen LogP contribution in [-0.2, 0) is 0 Å². The zero-order chi connectivity index (χ0) is 10.3. The van der Waals surface area contributed by atoms with Gasteiger partial charge < -0.3 is 20.4 Å². The molecule has 0 aromatic heterocycles. The predicted octanol–water partition coefficient (Wildman–Crippen LogP) is 0.192. The predicted molar refractivity (Wildman–Crippen MR) is 49.3 cm³/mol. The maximum atomic E-state index is 8.96. The lowest BCUT2D eigenvalue weighted by Crippen LogP contribution is -2.33. The molecule has 0 atom stereocenters. The van der Waals surface area contributed by atoms with Crippen LogP contribution in [0.2, 0.25) is 0 Å². The Morgan fingerprint density at radius 2 is 1.62 bits per heavy atom. The van der Waals surface area contributed by atoms with Gasteiger partial charge in [-0.1, -0.05) is 0 Å². The summed E-state index contributed by atoms with van der Waals surface area (Å²) in [4.78, 5) is 0. The summed E-state index contributed by atoms with van der Waals surface area (Å²) in [7, 11) is 0. The van der Waals surface area contributed by atoms with Crippen molar-refractivity contribution >= 4 is 0 Å². The lowest BCUT2D eigenvalue weighted by molar-refractivity contribution is -0.000337. The van der Waals surface area contributed by atoms with Crippen LogP contribution in [0.5, 0.6) is 0 Å². The van der Waals surface area contributed by atoms with E-state index in [1.165, 1.54) is 0 Å². The molecule has 0 heterocycles. The van der Waals surface area contributed by atoms with Crippen LogP contribution in [-0.4, -0.2) is 40.2 Å². The molecule has 0 unspecified atom stereocenters. The van der Waals surface area contributed by atoms with Crippen molar-refractivity contribution in [2.75, 3.05) is 19.8 Å². The number of allylic oxidation sites excluding steroid dienone is 1. The van der Waals surface area contributed by atoms with Crippen LogP contribution in [0.4, 0.5) is 0 Å². The van der Waals surface area contributed by atoms with Crippen LogP contribution in [0, 0.1) is 5.41 Å². The van der Waals surface area contributed by atoms with E-state index < -0.39 is 5.41 Å². The molecule has 0 saturated carbocycles. The summed E-state index contributed by atoms with van der Waals surface area (Å²) >= 11 is 0. The highest BCUT2D eigenvalue weighted by molar-refractivity contribution is 4.94. The molecular weight excluding hydrogens is 172 g/mol. The minimum atomic E-state index is -0.829. The standard InChI is InChI=1S/C9H18O4/c1-8(4-10)2-3-9(5-11,6-12)7-13/h4,10-13H,2-3,5-7H2,1H3. The van der Waals surface area contributed by atoms with Gasteiger partial charge in [0.2, 0.25) is 0 Å². The van der Waals surface area contributed by atoms with Crippen molar-refractivity contribution in [3.63, 3.8) is 0 Å². The van der Waals surface area contributed by atoms with Gasteiger partial charge in [0.15, 0.2) is 0 Å². The zero-order valence-corrected chi connectivity index (χ0v) is 7.90. The minimum absolute atomic E-state index is 0.251. The third-order valence-corrected chi connectivity index (χ3v) is 2.28. The summed E-state index contributed by atoms with van der Waals surface area (Å²) in [6.45, 7) is 0.993. The average Bonchev–Trinajstić information content (AvgIpc) is 2.20. The Bertz CT molecular complexity index is 153. The van der Waals surface area contributed by atoms with Crippen molar-refractivity contribution < 1.29 is 20.4 Å². The first-order valence-corrected chi connectivity index (χ1v) is 4.26. The summed E-state index contributed by atoms with van der Waals surface area (Å²) in [6, 6.07) is 0. The van der Waals surface area contributed by atoms with Crippen LogP contribution in [0.15, 0.2) is 11.8 Å². The number of hydrogen-bond acceptors (Lipinski definition) is 4. The third-order valence-electron chi connectivity index (χ3n) is 2.28. The number of aliphatic hydroxyl groups is 4. The summed E-state index contributed by atoms with van der Waals surface area (Å²) in [5.74, 6) is 0. The molecule has 0 bridgehead atoms. The van der Waals surface area contributed by atoms with E-state index in [-0.39, 0.29) is 19.8 Å². The highest BCUT2D eigenvalue weighted by atomic mass is 16.3. The molecule has 0 aliphatic rings. The SMILES string of the molecule is CC(=CO)CCC(CO)(CO)CO. The Balaban J connectivity index is 4.10. The molecule has 0 amide bonds. The quantitative estimate of drug-likeness (QED) is 0.451. The fourth-order valence-electron chi connectivity index (χ4n) is 0.914. The molecule has 13 heavy (non-hydrogen) atoms. The van der Waals surface area contributed by atoms with Gasteiger partial charge in [-0.05, 0) is 25.3 Å². The normalized spacial score (nSPS) is 13.4. The fraction of sp³-hybridized carbons (Fsp3) is 0.778. The summed E-state index contributed by atoms with van der Waals surface area (Å²) in [5, 5.41) is 35.5. The Labute approximate surface area is 78.1 Å². The lowest BCUT2D eigenvalue weighted by atomic mass is 9.85. The van der Waals surface area contributed by atoms with Gasteiger partial charge in [0.1, 0.15) is 0 Å². The van der Waals surface area contributed by atoms with Crippen molar-refractivity contribution in [1.82, 2.24) is 0 Å². The van der Waals surface area contributed by atoms with Crippen molar-refractivity contribution in [2.45, 2.75) is 19.8 Å². The van der Waals surface area contributed by atoms with E-state index >= 15 is 0 Å². The van der Waals surface area contributed by atoms with Gasteiger partial charge in [0.05, 0.1) is 26.1 Å². The van der Waals surface area contributed by atoms with Gasteiger partial charge >= 0.3 is 0 Å². The highest BCUT2D eigenvalue weighted by Crippen LogP contribution is 2.24. The molecule has 0 aliphatic heterocycles. The molecule has 78 valence electrons. The highest BCUT2D eigenvalue weighted by Gasteiger charge is 2.27. The molecule has 4 heteroatoms. The molecule has 0 aromatic carbocycles. The average molecular weight is 190 g/mol. The summed E-state index contributed by atoms with van der Waals surface area (Å²) in [5.41, 5.74) is -0.0655. The topological polar surface area (TPSA) is 80.9 Å². The van der Waals surface area contributed by atoms with Gasteiger partial charge in [-0.15, -0.1) is 0 Å². The molecule has 4 N–H and O–H groups in total. The first-order valence-electron chi connectivity index (χ1n) is 4.26. The smallest absolute Gasteiger partial charge is 0.0780 e. The zero-order valence-electron chi connectivity index (χ0n) is 7.90. The summed E-state index contributed by atoms with van der Waals surface area (Å²) in [6.07, 6.45) is 2.01. The minimum Gasteiger partial charge on any atom is -0.516 e. The van der Waals surface area contributed by atoms with E-state index in [0.717, 1.165) is 11.8 Å². The Morgan fingerprint density at radius 1 is 1.15 bits per heavy atom. The second-order valence-corrected chi connectivity index (χ2v) is 3.45. The van der Waals surface area contributed by atoms with E-state index in [9.17, 15) is 0 Å². The first-order chi connectivity index (χ1) is 6.14. The monoisotopic (exact) mass is 190 g/mol. The van der Waals surface area contributed by atoms with Crippen LogP contribution in [0.3, 0.4) is 0 Å². The second-order valence-electron chi connectivity index (χ2n) is 3.45. The van der Waals surface area contributed by atoms with E-state index in [0.29, 0.717) is 12.8 Å². The number of hydrogen-bond donors (Lipinski definition) is 4.